The van der Waals surface area contributed by atoms with Crippen molar-refractivity contribution in [3.05, 3.63) is 0 Å². The van der Waals surface area contributed by atoms with Gasteiger partial charge >= 0.3 is 5.97 Å². The van der Waals surface area contributed by atoms with Crippen LogP contribution in [-0.4, -0.2) is 60.1 Å². The highest BCUT2D eigenvalue weighted by atomic mass is 16.4. The van der Waals surface area contributed by atoms with Gasteiger partial charge in [0.05, 0.1) is 6.54 Å². The molecule has 0 aromatic heterocycles. The summed E-state index contributed by atoms with van der Waals surface area (Å²) in [5.41, 5.74) is 0. The summed E-state index contributed by atoms with van der Waals surface area (Å²) < 4.78 is 0. The maximum Gasteiger partial charge on any atom is 0.317 e. The Morgan fingerprint density at radius 3 is 2.57 bits per heavy atom. The van der Waals surface area contributed by atoms with E-state index >= 15 is 0 Å². The summed E-state index contributed by atoms with van der Waals surface area (Å²) in [5, 5.41) is 8.86. The lowest BCUT2D eigenvalue weighted by Crippen LogP contribution is -2.45. The Balaban J connectivity index is 1.63. The first-order valence-electron chi connectivity index (χ1n) is 8.69. The molecule has 2 aliphatic rings. The van der Waals surface area contributed by atoms with E-state index < -0.39 is 5.97 Å². The van der Waals surface area contributed by atoms with Crippen LogP contribution in [-0.2, 0) is 4.79 Å². The lowest BCUT2D eigenvalue weighted by Gasteiger charge is -2.37. The number of likely N-dealkylation sites (tertiary alicyclic amines) is 1. The zero-order valence-corrected chi connectivity index (χ0v) is 13.8. The van der Waals surface area contributed by atoms with Gasteiger partial charge < -0.3 is 10.0 Å². The third-order valence-electron chi connectivity index (χ3n) is 5.46. The highest BCUT2D eigenvalue weighted by molar-refractivity contribution is 5.69. The highest BCUT2D eigenvalue weighted by Crippen LogP contribution is 2.31. The van der Waals surface area contributed by atoms with E-state index in [4.69, 9.17) is 5.11 Å². The van der Waals surface area contributed by atoms with Crippen LogP contribution >= 0.6 is 0 Å². The summed E-state index contributed by atoms with van der Waals surface area (Å²) in [6, 6.07) is 0.451. The van der Waals surface area contributed by atoms with Crippen LogP contribution in [0.25, 0.3) is 0 Å². The van der Waals surface area contributed by atoms with Crippen molar-refractivity contribution in [2.45, 2.75) is 57.9 Å². The SMILES string of the molecule is CC1CCCC(CCN2CCC(N(C)CC(=O)O)CC2)C1. The summed E-state index contributed by atoms with van der Waals surface area (Å²) in [6.07, 6.45) is 9.31. The van der Waals surface area contributed by atoms with Crippen LogP contribution in [0.5, 0.6) is 0 Å². The predicted molar refractivity (Wildman–Crippen MR) is 85.5 cm³/mol. The van der Waals surface area contributed by atoms with Gasteiger partial charge in [0.15, 0.2) is 0 Å². The molecule has 1 N–H and O–H groups in total. The number of aliphatic carboxylic acids is 1. The van der Waals surface area contributed by atoms with Crippen LogP contribution < -0.4 is 0 Å². The molecule has 0 aromatic carbocycles. The van der Waals surface area contributed by atoms with Crippen molar-refractivity contribution in [2.75, 3.05) is 33.2 Å². The summed E-state index contributed by atoms with van der Waals surface area (Å²) in [7, 11) is 1.94. The molecular weight excluding hydrogens is 264 g/mol. The monoisotopic (exact) mass is 296 g/mol. The molecule has 0 spiro atoms. The fourth-order valence-electron chi connectivity index (χ4n) is 4.11. The number of hydrogen-bond donors (Lipinski definition) is 1. The molecule has 4 nitrogen and oxygen atoms in total. The van der Waals surface area contributed by atoms with Crippen LogP contribution in [0.2, 0.25) is 0 Å². The first kappa shape index (κ1) is 16.8. The predicted octanol–water partition coefficient (Wildman–Crippen LogP) is 2.68. The molecule has 1 saturated heterocycles. The maximum absolute atomic E-state index is 10.8. The molecule has 0 aromatic rings. The molecule has 1 saturated carbocycles. The molecule has 1 aliphatic carbocycles. The quantitative estimate of drug-likeness (QED) is 0.818. The average molecular weight is 296 g/mol. The number of carbonyl (C=O) groups is 1. The smallest absolute Gasteiger partial charge is 0.317 e. The van der Waals surface area contributed by atoms with E-state index in [0.717, 1.165) is 37.8 Å². The largest absolute Gasteiger partial charge is 0.480 e. The van der Waals surface area contributed by atoms with Crippen molar-refractivity contribution in [3.63, 3.8) is 0 Å². The Hall–Kier alpha value is -0.610. The first-order valence-corrected chi connectivity index (χ1v) is 8.69. The minimum absolute atomic E-state index is 0.171. The van der Waals surface area contributed by atoms with E-state index in [9.17, 15) is 4.79 Å². The summed E-state index contributed by atoms with van der Waals surface area (Å²) in [5.74, 6) is 1.16. The third kappa shape index (κ3) is 5.59. The Labute approximate surface area is 129 Å². The molecule has 0 bridgehead atoms. The van der Waals surface area contributed by atoms with Gasteiger partial charge in [-0.3, -0.25) is 9.69 Å². The maximum atomic E-state index is 10.8. The van der Waals surface area contributed by atoms with Crippen molar-refractivity contribution >= 4 is 5.97 Å². The molecule has 2 atom stereocenters. The normalized spacial score (nSPS) is 28.9. The topological polar surface area (TPSA) is 43.8 Å². The van der Waals surface area contributed by atoms with Gasteiger partial charge in [-0.15, -0.1) is 0 Å². The number of nitrogens with zero attached hydrogens (tertiary/aromatic N) is 2. The molecule has 1 heterocycles. The van der Waals surface area contributed by atoms with Gasteiger partial charge in [0.2, 0.25) is 0 Å². The Bertz CT molecular complexity index is 327. The van der Waals surface area contributed by atoms with E-state index in [0.29, 0.717) is 6.04 Å². The van der Waals surface area contributed by atoms with Crippen molar-refractivity contribution < 1.29 is 9.90 Å². The molecule has 1 aliphatic heterocycles. The Morgan fingerprint density at radius 1 is 1.24 bits per heavy atom. The van der Waals surface area contributed by atoms with Crippen molar-refractivity contribution in [1.29, 1.82) is 0 Å². The van der Waals surface area contributed by atoms with Gasteiger partial charge in [-0.05, 0) is 64.2 Å². The zero-order chi connectivity index (χ0) is 15.2. The molecule has 4 heteroatoms. The standard InChI is InChI=1S/C17H32N2O2/c1-14-4-3-5-15(12-14)6-9-19-10-7-16(8-11-19)18(2)13-17(20)21/h14-16H,3-13H2,1-2H3,(H,20,21). The second kappa shape index (κ2) is 8.14. The van der Waals surface area contributed by atoms with Gasteiger partial charge in [-0.2, -0.15) is 0 Å². The van der Waals surface area contributed by atoms with Crippen LogP contribution in [0, 0.1) is 11.8 Å². The van der Waals surface area contributed by atoms with Crippen molar-refractivity contribution in [1.82, 2.24) is 9.80 Å². The Morgan fingerprint density at radius 2 is 1.95 bits per heavy atom. The lowest BCUT2D eigenvalue weighted by molar-refractivity contribution is -0.138. The minimum atomic E-state index is -0.716. The van der Waals surface area contributed by atoms with Crippen molar-refractivity contribution in [2.24, 2.45) is 11.8 Å². The van der Waals surface area contributed by atoms with Gasteiger partial charge in [0.25, 0.3) is 0 Å². The molecule has 0 amide bonds. The number of likely N-dealkylation sites (N-methyl/N-ethyl adjacent to an activating group) is 1. The molecule has 0 radical (unpaired) electrons. The molecular formula is C17H32N2O2. The molecule has 122 valence electrons. The van der Waals surface area contributed by atoms with Gasteiger partial charge in [-0.25, -0.2) is 0 Å². The summed E-state index contributed by atoms with van der Waals surface area (Å²) >= 11 is 0. The third-order valence-corrected chi connectivity index (χ3v) is 5.46. The number of rotatable bonds is 6. The van der Waals surface area contributed by atoms with Crippen molar-refractivity contribution in [3.8, 4) is 0 Å². The van der Waals surface area contributed by atoms with Crippen LogP contribution in [0.3, 0.4) is 0 Å². The molecule has 21 heavy (non-hydrogen) atoms. The van der Waals surface area contributed by atoms with E-state index in [-0.39, 0.29) is 6.54 Å². The van der Waals surface area contributed by atoms with Gasteiger partial charge in [0.1, 0.15) is 0 Å². The number of carboxylic acids is 1. The summed E-state index contributed by atoms with van der Waals surface area (Å²) in [4.78, 5) is 15.4. The first-order chi connectivity index (χ1) is 10.0. The fourth-order valence-corrected chi connectivity index (χ4v) is 4.11. The Kier molecular flexibility index (Phi) is 6.49. The summed E-state index contributed by atoms with van der Waals surface area (Å²) in [6.45, 7) is 6.08. The second-order valence-corrected chi connectivity index (χ2v) is 7.31. The lowest BCUT2D eigenvalue weighted by atomic mass is 9.81. The molecule has 2 unspecified atom stereocenters. The van der Waals surface area contributed by atoms with Gasteiger partial charge in [0, 0.05) is 6.04 Å². The van der Waals surface area contributed by atoms with E-state index in [1.165, 1.54) is 38.6 Å². The zero-order valence-electron chi connectivity index (χ0n) is 13.8. The number of carboxylic acid groups (broad SMARTS) is 1. The van der Waals surface area contributed by atoms with Crippen LogP contribution in [0.15, 0.2) is 0 Å². The number of piperidine rings is 1. The van der Waals surface area contributed by atoms with Crippen LogP contribution in [0.1, 0.15) is 51.9 Å². The van der Waals surface area contributed by atoms with Gasteiger partial charge in [-0.1, -0.05) is 26.2 Å². The highest BCUT2D eigenvalue weighted by Gasteiger charge is 2.24. The molecule has 2 rings (SSSR count). The average Bonchev–Trinajstić information content (AvgIpc) is 2.45. The second-order valence-electron chi connectivity index (χ2n) is 7.31. The molecule has 2 fully saturated rings. The van der Waals surface area contributed by atoms with E-state index in [1.807, 2.05) is 11.9 Å². The van der Waals surface area contributed by atoms with E-state index in [2.05, 4.69) is 11.8 Å². The fraction of sp³-hybridized carbons (Fsp3) is 0.941. The minimum Gasteiger partial charge on any atom is -0.480 e. The van der Waals surface area contributed by atoms with E-state index in [1.54, 1.807) is 0 Å². The van der Waals surface area contributed by atoms with Crippen LogP contribution in [0.4, 0.5) is 0 Å². The number of hydrogen-bond acceptors (Lipinski definition) is 3.